The van der Waals surface area contributed by atoms with Gasteiger partial charge in [0, 0.05) is 19.1 Å². The third kappa shape index (κ3) is 3.80. The standard InChI is InChI=1S/C18H19F3N2O2S/c19-14-7-1-3-9-16(14)23-11-5-6-13(12-23)22-15-8-2-4-10-17(15)26(24,25)18(20)21/h1-4,7-10,13,18,22H,5-6,11-12H2. The zero-order chi connectivity index (χ0) is 18.7. The zero-order valence-electron chi connectivity index (χ0n) is 13.9. The lowest BCUT2D eigenvalue weighted by Crippen LogP contribution is -2.42. The Morgan fingerprint density at radius 3 is 2.50 bits per heavy atom. The molecular formula is C18H19F3N2O2S. The number of nitrogens with one attached hydrogen (secondary N) is 1. The topological polar surface area (TPSA) is 49.4 Å². The molecule has 1 aliphatic heterocycles. The summed E-state index contributed by atoms with van der Waals surface area (Å²) < 4.78 is 63.6. The Morgan fingerprint density at radius 2 is 1.77 bits per heavy atom. The van der Waals surface area contributed by atoms with Crippen LogP contribution in [0.5, 0.6) is 0 Å². The van der Waals surface area contributed by atoms with E-state index >= 15 is 0 Å². The van der Waals surface area contributed by atoms with Crippen LogP contribution >= 0.6 is 0 Å². The first-order valence-corrected chi connectivity index (χ1v) is 9.81. The minimum Gasteiger partial charge on any atom is -0.379 e. The third-order valence-corrected chi connectivity index (χ3v) is 5.84. The van der Waals surface area contributed by atoms with Gasteiger partial charge in [0.25, 0.3) is 0 Å². The van der Waals surface area contributed by atoms with E-state index in [1.165, 1.54) is 24.3 Å². The van der Waals surface area contributed by atoms with Gasteiger partial charge >= 0.3 is 5.76 Å². The molecule has 0 aliphatic carbocycles. The number of piperidine rings is 1. The van der Waals surface area contributed by atoms with Crippen molar-refractivity contribution in [2.45, 2.75) is 29.5 Å². The molecule has 140 valence electrons. The molecular weight excluding hydrogens is 365 g/mol. The summed E-state index contributed by atoms with van der Waals surface area (Å²) in [6, 6.07) is 11.9. The van der Waals surface area contributed by atoms with E-state index in [2.05, 4.69) is 5.32 Å². The third-order valence-electron chi connectivity index (χ3n) is 4.40. The number of rotatable bonds is 5. The molecule has 1 unspecified atom stereocenters. The molecule has 0 aromatic heterocycles. The summed E-state index contributed by atoms with van der Waals surface area (Å²) in [5.41, 5.74) is 0.626. The Balaban J connectivity index is 1.81. The number of hydrogen-bond donors (Lipinski definition) is 1. The summed E-state index contributed by atoms with van der Waals surface area (Å²) >= 11 is 0. The van der Waals surface area contributed by atoms with E-state index in [1.54, 1.807) is 24.3 Å². The Kier molecular flexibility index (Phi) is 5.41. The number of halogens is 3. The number of para-hydroxylation sites is 2. The van der Waals surface area contributed by atoms with Crippen LogP contribution in [0.25, 0.3) is 0 Å². The highest BCUT2D eigenvalue weighted by Gasteiger charge is 2.30. The summed E-state index contributed by atoms with van der Waals surface area (Å²) in [5, 5.41) is 3.05. The first-order valence-electron chi connectivity index (χ1n) is 8.26. The van der Waals surface area contributed by atoms with Gasteiger partial charge in [0.15, 0.2) is 0 Å². The fraction of sp³-hybridized carbons (Fsp3) is 0.333. The predicted molar refractivity (Wildman–Crippen MR) is 94.9 cm³/mol. The van der Waals surface area contributed by atoms with Gasteiger partial charge in [0.05, 0.1) is 16.3 Å². The number of benzene rings is 2. The lowest BCUT2D eigenvalue weighted by molar-refractivity contribution is 0.235. The molecule has 1 N–H and O–H groups in total. The molecule has 0 saturated carbocycles. The first-order chi connectivity index (χ1) is 12.4. The van der Waals surface area contributed by atoms with Crippen LogP contribution in [0, 0.1) is 5.82 Å². The van der Waals surface area contributed by atoms with Gasteiger partial charge in [-0.1, -0.05) is 24.3 Å². The Hall–Kier alpha value is -2.22. The molecule has 8 heteroatoms. The zero-order valence-corrected chi connectivity index (χ0v) is 14.7. The van der Waals surface area contributed by atoms with Crippen LogP contribution in [0.2, 0.25) is 0 Å². The lowest BCUT2D eigenvalue weighted by atomic mass is 10.0. The van der Waals surface area contributed by atoms with Gasteiger partial charge in [-0.3, -0.25) is 0 Å². The quantitative estimate of drug-likeness (QED) is 0.849. The minimum absolute atomic E-state index is 0.146. The average Bonchev–Trinajstić information content (AvgIpc) is 2.62. The first kappa shape index (κ1) is 18.6. The van der Waals surface area contributed by atoms with Gasteiger partial charge < -0.3 is 10.2 Å². The second-order valence-electron chi connectivity index (χ2n) is 6.18. The highest BCUT2D eigenvalue weighted by atomic mass is 32.2. The van der Waals surface area contributed by atoms with E-state index in [9.17, 15) is 21.6 Å². The van der Waals surface area contributed by atoms with E-state index in [4.69, 9.17) is 0 Å². The van der Waals surface area contributed by atoms with Crippen LogP contribution in [0.1, 0.15) is 12.8 Å². The highest BCUT2D eigenvalue weighted by molar-refractivity contribution is 7.91. The highest BCUT2D eigenvalue weighted by Crippen LogP contribution is 2.29. The molecule has 4 nitrogen and oxygen atoms in total. The van der Waals surface area contributed by atoms with Gasteiger partial charge in [0.2, 0.25) is 9.84 Å². The second kappa shape index (κ2) is 7.57. The summed E-state index contributed by atoms with van der Waals surface area (Å²) in [5.74, 6) is -3.81. The molecule has 0 bridgehead atoms. The summed E-state index contributed by atoms with van der Waals surface area (Å²) in [4.78, 5) is 1.46. The lowest BCUT2D eigenvalue weighted by Gasteiger charge is -2.35. The minimum atomic E-state index is -4.70. The van der Waals surface area contributed by atoms with Crippen molar-refractivity contribution < 1.29 is 21.6 Å². The maximum Gasteiger partial charge on any atom is 0.341 e. The molecule has 1 fully saturated rings. The van der Waals surface area contributed by atoms with Gasteiger partial charge in [0.1, 0.15) is 5.82 Å². The maximum atomic E-state index is 14.0. The largest absolute Gasteiger partial charge is 0.379 e. The van der Waals surface area contributed by atoms with E-state index in [0.29, 0.717) is 18.8 Å². The molecule has 26 heavy (non-hydrogen) atoms. The maximum absolute atomic E-state index is 14.0. The van der Waals surface area contributed by atoms with E-state index < -0.39 is 20.5 Å². The van der Waals surface area contributed by atoms with Crippen molar-refractivity contribution in [2.75, 3.05) is 23.3 Å². The molecule has 0 amide bonds. The molecule has 2 aromatic rings. The Bertz CT molecular complexity index is 874. The van der Waals surface area contributed by atoms with E-state index in [1.807, 2.05) is 4.90 Å². The number of alkyl halides is 2. The predicted octanol–water partition coefficient (Wildman–Crippen LogP) is 3.90. The van der Waals surface area contributed by atoms with Crippen molar-refractivity contribution in [3.63, 3.8) is 0 Å². The van der Waals surface area contributed by atoms with E-state index in [0.717, 1.165) is 12.8 Å². The van der Waals surface area contributed by atoms with Crippen LogP contribution in [-0.4, -0.2) is 33.3 Å². The molecule has 3 rings (SSSR count). The van der Waals surface area contributed by atoms with Gasteiger partial charge in [-0.25, -0.2) is 12.8 Å². The molecule has 1 aliphatic rings. The van der Waals surface area contributed by atoms with Crippen molar-refractivity contribution in [3.8, 4) is 0 Å². The number of anilines is 2. The SMILES string of the molecule is O=S(=O)(c1ccccc1NC1CCCN(c2ccccc2F)C1)C(F)F. The molecule has 1 atom stereocenters. The van der Waals surface area contributed by atoms with Crippen molar-refractivity contribution in [1.29, 1.82) is 0 Å². The number of hydrogen-bond acceptors (Lipinski definition) is 4. The number of sulfone groups is 1. The van der Waals surface area contributed by atoms with Crippen LogP contribution in [-0.2, 0) is 9.84 Å². The van der Waals surface area contributed by atoms with Gasteiger partial charge in [-0.15, -0.1) is 0 Å². The molecule has 1 heterocycles. The molecule has 2 aromatic carbocycles. The van der Waals surface area contributed by atoms with Crippen molar-refractivity contribution in [3.05, 3.63) is 54.3 Å². The van der Waals surface area contributed by atoms with Crippen LogP contribution in [0.3, 0.4) is 0 Å². The fourth-order valence-corrected chi connectivity index (χ4v) is 4.07. The average molecular weight is 384 g/mol. The van der Waals surface area contributed by atoms with Crippen molar-refractivity contribution in [1.82, 2.24) is 0 Å². The summed E-state index contributed by atoms with van der Waals surface area (Å²) in [6.07, 6.45) is 1.50. The Morgan fingerprint density at radius 1 is 1.08 bits per heavy atom. The fourth-order valence-electron chi connectivity index (χ4n) is 3.17. The molecule has 0 spiro atoms. The number of nitrogens with zero attached hydrogens (tertiary/aromatic N) is 1. The monoisotopic (exact) mass is 384 g/mol. The van der Waals surface area contributed by atoms with E-state index in [-0.39, 0.29) is 17.5 Å². The Labute approximate surface area is 150 Å². The van der Waals surface area contributed by atoms with Crippen molar-refractivity contribution >= 4 is 21.2 Å². The molecule has 0 radical (unpaired) electrons. The normalized spacial score (nSPS) is 18.2. The van der Waals surface area contributed by atoms with Crippen molar-refractivity contribution in [2.24, 2.45) is 0 Å². The van der Waals surface area contributed by atoms with Crippen LogP contribution in [0.4, 0.5) is 24.5 Å². The van der Waals surface area contributed by atoms with Crippen LogP contribution < -0.4 is 10.2 Å². The van der Waals surface area contributed by atoms with Gasteiger partial charge in [-0.05, 0) is 37.1 Å². The molecule has 1 saturated heterocycles. The summed E-state index contributed by atoms with van der Waals surface area (Å²) in [7, 11) is -4.70. The van der Waals surface area contributed by atoms with Crippen LogP contribution in [0.15, 0.2) is 53.4 Å². The smallest absolute Gasteiger partial charge is 0.341 e. The summed E-state index contributed by atoms with van der Waals surface area (Å²) in [6.45, 7) is 1.13. The second-order valence-corrected chi connectivity index (χ2v) is 8.07. The van der Waals surface area contributed by atoms with Gasteiger partial charge in [-0.2, -0.15) is 8.78 Å².